The first-order valence-corrected chi connectivity index (χ1v) is 13.6. The van der Waals surface area contributed by atoms with Crippen LogP contribution in [-0.4, -0.2) is 54.0 Å². The third kappa shape index (κ3) is 6.81. The summed E-state index contributed by atoms with van der Waals surface area (Å²) in [6, 6.07) is 21.3. The van der Waals surface area contributed by atoms with Gasteiger partial charge in [-0.1, -0.05) is 56.8 Å². The molecule has 0 radical (unpaired) electrons. The molecule has 1 heterocycles. The maximum atomic E-state index is 12.6. The molecule has 4 aromatic rings. The van der Waals surface area contributed by atoms with E-state index in [9.17, 15) is 4.79 Å². The number of nitrogens with zero attached hydrogens (tertiary/aromatic N) is 4. The zero-order chi connectivity index (χ0) is 28.7. The summed E-state index contributed by atoms with van der Waals surface area (Å²) in [5.41, 5.74) is 6.28. The number of aromatic nitrogens is 3. The summed E-state index contributed by atoms with van der Waals surface area (Å²) < 4.78 is 17.9. The molecule has 1 N–H and O–H groups in total. The predicted molar refractivity (Wildman–Crippen MR) is 158 cm³/mol. The molecule has 208 valence electrons. The molecule has 4 rings (SSSR count). The van der Waals surface area contributed by atoms with Crippen molar-refractivity contribution in [2.45, 2.75) is 31.3 Å². The van der Waals surface area contributed by atoms with Gasteiger partial charge in [0.15, 0.2) is 11.0 Å². The average Bonchev–Trinajstić information content (AvgIpc) is 3.39. The van der Waals surface area contributed by atoms with Crippen molar-refractivity contribution in [3.63, 3.8) is 0 Å². The molecule has 0 unspecified atom stereocenters. The number of methoxy groups -OCH3 is 3. The second kappa shape index (κ2) is 12.7. The van der Waals surface area contributed by atoms with E-state index >= 15 is 0 Å². The fourth-order valence-corrected chi connectivity index (χ4v) is 4.65. The Morgan fingerprint density at radius 2 is 1.60 bits per heavy atom. The number of carbonyl (C=O) groups excluding carboxylic acids is 1. The van der Waals surface area contributed by atoms with Crippen LogP contribution in [0.15, 0.2) is 77.0 Å². The number of hydrogen-bond acceptors (Lipinski definition) is 8. The highest BCUT2D eigenvalue weighted by Gasteiger charge is 2.19. The number of rotatable bonds is 10. The van der Waals surface area contributed by atoms with Crippen LogP contribution in [0.2, 0.25) is 0 Å². The molecule has 3 aromatic carbocycles. The summed E-state index contributed by atoms with van der Waals surface area (Å²) in [5, 5.41) is 13.6. The lowest BCUT2D eigenvalue weighted by Crippen LogP contribution is -2.20. The zero-order valence-corrected chi connectivity index (χ0v) is 24.3. The van der Waals surface area contributed by atoms with Crippen LogP contribution in [0.1, 0.15) is 31.9 Å². The summed E-state index contributed by atoms with van der Waals surface area (Å²) >= 11 is 1.27. The van der Waals surface area contributed by atoms with Crippen LogP contribution in [0.4, 0.5) is 0 Å². The van der Waals surface area contributed by atoms with Crippen LogP contribution in [0.3, 0.4) is 0 Å². The van der Waals surface area contributed by atoms with Crippen molar-refractivity contribution in [3.05, 3.63) is 77.9 Å². The number of benzene rings is 3. The predicted octanol–water partition coefficient (Wildman–Crippen LogP) is 5.50. The highest BCUT2D eigenvalue weighted by molar-refractivity contribution is 7.99. The Kier molecular flexibility index (Phi) is 9.11. The van der Waals surface area contributed by atoms with Gasteiger partial charge in [0.25, 0.3) is 5.91 Å². The van der Waals surface area contributed by atoms with Crippen LogP contribution >= 0.6 is 11.8 Å². The van der Waals surface area contributed by atoms with Gasteiger partial charge in [0.1, 0.15) is 17.2 Å². The molecule has 0 aliphatic rings. The van der Waals surface area contributed by atoms with Gasteiger partial charge in [-0.25, -0.2) is 5.43 Å². The molecular formula is C30H33N5O4S. The molecule has 0 saturated carbocycles. The molecule has 0 spiro atoms. The molecule has 0 bridgehead atoms. The molecule has 0 saturated heterocycles. The number of nitrogens with one attached hydrogen (secondary N) is 1. The Hall–Kier alpha value is -4.31. The highest BCUT2D eigenvalue weighted by Crippen LogP contribution is 2.31. The number of amides is 1. The number of ether oxygens (including phenoxy) is 3. The van der Waals surface area contributed by atoms with Crippen molar-refractivity contribution < 1.29 is 19.0 Å². The lowest BCUT2D eigenvalue weighted by Gasteiger charge is -2.19. The van der Waals surface area contributed by atoms with Gasteiger partial charge in [-0.2, -0.15) is 5.10 Å². The van der Waals surface area contributed by atoms with Gasteiger partial charge >= 0.3 is 0 Å². The van der Waals surface area contributed by atoms with Crippen molar-refractivity contribution in [1.82, 2.24) is 20.2 Å². The maximum absolute atomic E-state index is 12.6. The monoisotopic (exact) mass is 559 g/mol. The van der Waals surface area contributed by atoms with E-state index in [4.69, 9.17) is 14.2 Å². The van der Waals surface area contributed by atoms with Crippen LogP contribution in [0.25, 0.3) is 17.1 Å². The molecule has 1 aromatic heterocycles. The second-order valence-electron chi connectivity index (χ2n) is 9.86. The van der Waals surface area contributed by atoms with Gasteiger partial charge in [-0.05, 0) is 53.4 Å². The third-order valence-electron chi connectivity index (χ3n) is 6.14. The van der Waals surface area contributed by atoms with Gasteiger partial charge < -0.3 is 14.2 Å². The SMILES string of the molecule is COc1ccc(-n2c(SCC(=O)N/N=C/c3cc(OC)ccc3OC)nnc2-c2ccc(C(C)(C)C)cc2)cc1. The van der Waals surface area contributed by atoms with Crippen molar-refractivity contribution in [1.29, 1.82) is 0 Å². The van der Waals surface area contributed by atoms with E-state index in [-0.39, 0.29) is 17.1 Å². The fourth-order valence-electron chi connectivity index (χ4n) is 3.91. The first kappa shape index (κ1) is 28.7. The number of carbonyl (C=O) groups is 1. The Balaban J connectivity index is 1.54. The highest BCUT2D eigenvalue weighted by atomic mass is 32.2. The molecule has 1 amide bonds. The Morgan fingerprint density at radius 3 is 2.23 bits per heavy atom. The summed E-state index contributed by atoms with van der Waals surface area (Å²) in [6.45, 7) is 6.54. The molecule has 9 nitrogen and oxygen atoms in total. The third-order valence-corrected chi connectivity index (χ3v) is 7.06. The zero-order valence-electron chi connectivity index (χ0n) is 23.5. The smallest absolute Gasteiger partial charge is 0.250 e. The fraction of sp³-hybridized carbons (Fsp3) is 0.267. The van der Waals surface area contributed by atoms with Gasteiger partial charge in [0.05, 0.1) is 33.3 Å². The lowest BCUT2D eigenvalue weighted by atomic mass is 9.87. The van der Waals surface area contributed by atoms with E-state index in [1.165, 1.54) is 23.5 Å². The standard InChI is InChI=1S/C30H33N5O4S/c1-30(2,3)22-9-7-20(8-10-22)28-33-34-29(35(28)23-11-13-24(37-4)14-12-23)40-19-27(36)32-31-18-21-17-25(38-5)15-16-26(21)39-6/h7-18H,19H2,1-6H3,(H,32,36)/b31-18+. The summed E-state index contributed by atoms with van der Waals surface area (Å²) in [7, 11) is 4.78. The summed E-state index contributed by atoms with van der Waals surface area (Å²) in [6.07, 6.45) is 1.52. The minimum Gasteiger partial charge on any atom is -0.497 e. The topological polar surface area (TPSA) is 99.9 Å². The minimum atomic E-state index is -0.288. The number of hydrogen-bond donors (Lipinski definition) is 1. The van der Waals surface area contributed by atoms with E-state index in [1.807, 2.05) is 41.0 Å². The normalized spacial score (nSPS) is 11.4. The largest absolute Gasteiger partial charge is 0.497 e. The van der Waals surface area contributed by atoms with Gasteiger partial charge in [-0.15, -0.1) is 10.2 Å². The first-order valence-electron chi connectivity index (χ1n) is 12.6. The molecule has 0 atom stereocenters. The minimum absolute atomic E-state index is 0.0384. The summed E-state index contributed by atoms with van der Waals surface area (Å²) in [4.78, 5) is 12.6. The second-order valence-corrected chi connectivity index (χ2v) is 10.8. The quantitative estimate of drug-likeness (QED) is 0.156. The van der Waals surface area contributed by atoms with Crippen LogP contribution < -0.4 is 19.6 Å². The van der Waals surface area contributed by atoms with E-state index < -0.39 is 0 Å². The summed E-state index contributed by atoms with van der Waals surface area (Å²) in [5.74, 6) is 2.49. The number of hydrazone groups is 1. The van der Waals surface area contributed by atoms with Crippen molar-refractivity contribution in [2.75, 3.05) is 27.1 Å². The molecular weight excluding hydrogens is 526 g/mol. The Bertz CT molecular complexity index is 1480. The van der Waals surface area contributed by atoms with Crippen LogP contribution in [0.5, 0.6) is 17.2 Å². The molecule has 0 fully saturated rings. The van der Waals surface area contributed by atoms with Crippen molar-refractivity contribution in [2.24, 2.45) is 5.10 Å². The molecule has 10 heteroatoms. The average molecular weight is 560 g/mol. The molecule has 0 aliphatic carbocycles. The first-order chi connectivity index (χ1) is 19.2. The van der Waals surface area contributed by atoms with Crippen molar-refractivity contribution in [3.8, 4) is 34.3 Å². The van der Waals surface area contributed by atoms with Gasteiger partial charge in [0, 0.05) is 16.8 Å². The van der Waals surface area contributed by atoms with E-state index in [2.05, 4.69) is 53.6 Å². The van der Waals surface area contributed by atoms with Crippen LogP contribution in [0, 0.1) is 0 Å². The Labute approximate surface area is 238 Å². The Morgan fingerprint density at radius 1 is 0.925 bits per heavy atom. The number of thioether (sulfide) groups is 1. The molecule has 0 aliphatic heterocycles. The lowest BCUT2D eigenvalue weighted by molar-refractivity contribution is -0.118. The van der Waals surface area contributed by atoms with E-state index in [0.717, 1.165) is 17.0 Å². The maximum Gasteiger partial charge on any atom is 0.250 e. The molecule has 40 heavy (non-hydrogen) atoms. The van der Waals surface area contributed by atoms with E-state index in [1.54, 1.807) is 39.5 Å². The van der Waals surface area contributed by atoms with Gasteiger partial charge in [-0.3, -0.25) is 9.36 Å². The van der Waals surface area contributed by atoms with E-state index in [0.29, 0.717) is 28.0 Å². The van der Waals surface area contributed by atoms with Crippen LogP contribution in [-0.2, 0) is 10.2 Å². The van der Waals surface area contributed by atoms with Gasteiger partial charge in [0.2, 0.25) is 0 Å². The van der Waals surface area contributed by atoms with Crippen molar-refractivity contribution >= 4 is 23.9 Å².